The summed E-state index contributed by atoms with van der Waals surface area (Å²) in [5.41, 5.74) is 2.92. The van der Waals surface area contributed by atoms with E-state index in [1.54, 1.807) is 12.1 Å². The molecule has 3 heteroatoms. The van der Waals surface area contributed by atoms with E-state index in [0.717, 1.165) is 24.1 Å². The molecule has 0 amide bonds. The van der Waals surface area contributed by atoms with Crippen LogP contribution in [0.25, 0.3) is 0 Å². The van der Waals surface area contributed by atoms with Gasteiger partial charge in [0.15, 0.2) is 0 Å². The molecule has 2 aromatic carbocycles. The highest BCUT2D eigenvalue weighted by atomic mass is 16.3. The van der Waals surface area contributed by atoms with Gasteiger partial charge >= 0.3 is 0 Å². The van der Waals surface area contributed by atoms with Gasteiger partial charge in [-0.05, 0) is 63.9 Å². The molecule has 0 unspecified atom stereocenters. The zero-order valence-corrected chi connectivity index (χ0v) is 15.8. The van der Waals surface area contributed by atoms with Crippen LogP contribution in [0.2, 0.25) is 0 Å². The van der Waals surface area contributed by atoms with Crippen molar-refractivity contribution in [1.82, 2.24) is 4.90 Å². The molecule has 0 aromatic heterocycles. The van der Waals surface area contributed by atoms with Crippen LogP contribution in [0.4, 0.5) is 0 Å². The molecule has 0 fully saturated rings. The van der Waals surface area contributed by atoms with Gasteiger partial charge in [-0.2, -0.15) is 0 Å². The second kappa shape index (κ2) is 9.02. The molecule has 2 aromatic rings. The maximum absolute atomic E-state index is 10.5. The van der Waals surface area contributed by atoms with Crippen molar-refractivity contribution in [2.45, 2.75) is 58.7 Å². The molecule has 2 rings (SSSR count). The summed E-state index contributed by atoms with van der Waals surface area (Å²) in [6.45, 7) is 9.84. The number of hydrogen-bond acceptors (Lipinski definition) is 3. The van der Waals surface area contributed by atoms with Crippen LogP contribution in [-0.2, 0) is 6.61 Å². The molecular formula is C22H31NO2. The number of aromatic hydroxyl groups is 1. The van der Waals surface area contributed by atoms with Crippen LogP contribution in [0.5, 0.6) is 5.75 Å². The van der Waals surface area contributed by atoms with Crippen LogP contribution in [0.3, 0.4) is 0 Å². The highest BCUT2D eigenvalue weighted by Gasteiger charge is 2.21. The van der Waals surface area contributed by atoms with E-state index in [4.69, 9.17) is 0 Å². The maximum Gasteiger partial charge on any atom is 0.119 e. The van der Waals surface area contributed by atoms with Crippen molar-refractivity contribution >= 4 is 0 Å². The van der Waals surface area contributed by atoms with Crippen LogP contribution < -0.4 is 0 Å². The Morgan fingerprint density at radius 2 is 1.56 bits per heavy atom. The summed E-state index contributed by atoms with van der Waals surface area (Å²) >= 11 is 0. The first-order valence-electron chi connectivity index (χ1n) is 9.17. The van der Waals surface area contributed by atoms with Gasteiger partial charge in [-0.15, -0.1) is 0 Å². The molecule has 0 aliphatic heterocycles. The minimum Gasteiger partial charge on any atom is -0.508 e. The maximum atomic E-state index is 10.5. The van der Waals surface area contributed by atoms with Crippen molar-refractivity contribution in [2.24, 2.45) is 0 Å². The summed E-state index contributed by atoms with van der Waals surface area (Å²) in [5.74, 6) is 0.402. The second-order valence-corrected chi connectivity index (χ2v) is 7.23. The first-order valence-corrected chi connectivity index (χ1v) is 9.17. The smallest absolute Gasteiger partial charge is 0.119 e. The number of nitrogens with zero attached hydrogens (tertiary/aromatic N) is 1. The summed E-state index contributed by atoms with van der Waals surface area (Å²) < 4.78 is 0. The fourth-order valence-electron chi connectivity index (χ4n) is 3.56. The Labute approximate surface area is 151 Å². The van der Waals surface area contributed by atoms with Gasteiger partial charge in [0.1, 0.15) is 5.75 Å². The molecule has 0 heterocycles. The molecule has 2 N–H and O–H groups in total. The predicted molar refractivity (Wildman–Crippen MR) is 104 cm³/mol. The number of benzene rings is 2. The van der Waals surface area contributed by atoms with Gasteiger partial charge in [0.2, 0.25) is 0 Å². The third kappa shape index (κ3) is 5.07. The monoisotopic (exact) mass is 341 g/mol. The Hall–Kier alpha value is -1.84. The topological polar surface area (TPSA) is 43.7 Å². The first-order chi connectivity index (χ1) is 11.9. The minimum absolute atomic E-state index is 0.0150. The summed E-state index contributed by atoms with van der Waals surface area (Å²) in [7, 11) is 0. The third-order valence-corrected chi connectivity index (χ3v) is 4.85. The zero-order chi connectivity index (χ0) is 18.4. The standard InChI is InChI=1S/C22H31NO2/c1-16(2)23(17(3)4)13-12-20(19-8-6-5-7-9-19)21-14-18(15-24)10-11-22(21)25/h5-11,14,16-17,20,24-25H,12-13,15H2,1-4H3/t20-/m0/s1. The number of hydrogen-bond donors (Lipinski definition) is 2. The average Bonchev–Trinajstić information content (AvgIpc) is 2.59. The molecule has 0 saturated heterocycles. The molecule has 1 atom stereocenters. The lowest BCUT2D eigenvalue weighted by molar-refractivity contribution is 0.170. The lowest BCUT2D eigenvalue weighted by atomic mass is 9.86. The number of rotatable bonds is 8. The van der Waals surface area contributed by atoms with Crippen LogP contribution in [0, 0.1) is 0 Å². The van der Waals surface area contributed by atoms with Gasteiger partial charge in [-0.3, -0.25) is 4.90 Å². The molecule has 0 saturated carbocycles. The SMILES string of the molecule is CC(C)N(CC[C@@H](c1ccccc1)c1cc(CO)ccc1O)C(C)C. The zero-order valence-electron chi connectivity index (χ0n) is 15.8. The first kappa shape index (κ1) is 19.5. The Bertz CT molecular complexity index is 644. The van der Waals surface area contributed by atoms with Gasteiger partial charge < -0.3 is 10.2 Å². The van der Waals surface area contributed by atoms with Crippen molar-refractivity contribution < 1.29 is 10.2 Å². The Kier molecular flexibility index (Phi) is 7.03. The molecule has 0 aliphatic carbocycles. The third-order valence-electron chi connectivity index (χ3n) is 4.85. The second-order valence-electron chi connectivity index (χ2n) is 7.23. The largest absolute Gasteiger partial charge is 0.508 e. The van der Waals surface area contributed by atoms with Crippen molar-refractivity contribution in [3.8, 4) is 5.75 Å². The minimum atomic E-state index is -0.0150. The van der Waals surface area contributed by atoms with E-state index in [-0.39, 0.29) is 12.5 Å². The quantitative estimate of drug-likeness (QED) is 0.741. The predicted octanol–water partition coefficient (Wildman–Crippen LogP) is 4.53. The molecule has 0 aliphatic rings. The van der Waals surface area contributed by atoms with Crippen LogP contribution >= 0.6 is 0 Å². The molecule has 0 radical (unpaired) electrons. The van der Waals surface area contributed by atoms with Crippen LogP contribution in [0.1, 0.15) is 56.7 Å². The van der Waals surface area contributed by atoms with E-state index >= 15 is 0 Å². The lowest BCUT2D eigenvalue weighted by Crippen LogP contribution is -2.38. The van der Waals surface area contributed by atoms with Gasteiger partial charge in [0.25, 0.3) is 0 Å². The normalized spacial score (nSPS) is 13.0. The molecule has 136 valence electrons. The van der Waals surface area contributed by atoms with Crippen molar-refractivity contribution in [1.29, 1.82) is 0 Å². The van der Waals surface area contributed by atoms with E-state index in [0.29, 0.717) is 17.8 Å². The fourth-order valence-corrected chi connectivity index (χ4v) is 3.56. The van der Waals surface area contributed by atoms with Crippen molar-refractivity contribution in [2.75, 3.05) is 6.54 Å². The van der Waals surface area contributed by atoms with E-state index in [1.807, 2.05) is 24.3 Å². The average molecular weight is 341 g/mol. The van der Waals surface area contributed by atoms with Gasteiger partial charge in [-0.1, -0.05) is 36.4 Å². The Balaban J connectivity index is 2.35. The number of aliphatic hydroxyl groups excluding tert-OH is 1. The highest BCUT2D eigenvalue weighted by Crippen LogP contribution is 2.35. The number of phenolic OH excluding ortho intramolecular Hbond substituents is 1. The van der Waals surface area contributed by atoms with Crippen LogP contribution in [0.15, 0.2) is 48.5 Å². The van der Waals surface area contributed by atoms with E-state index in [2.05, 4.69) is 44.7 Å². The summed E-state index contributed by atoms with van der Waals surface area (Å²) in [5, 5.41) is 19.9. The number of phenols is 1. The summed E-state index contributed by atoms with van der Waals surface area (Å²) in [6.07, 6.45) is 0.919. The Morgan fingerprint density at radius 1 is 0.920 bits per heavy atom. The van der Waals surface area contributed by atoms with E-state index in [9.17, 15) is 10.2 Å². The molecular weight excluding hydrogens is 310 g/mol. The van der Waals surface area contributed by atoms with Crippen LogP contribution in [-0.4, -0.2) is 33.7 Å². The molecule has 0 bridgehead atoms. The fraction of sp³-hybridized carbons (Fsp3) is 0.455. The van der Waals surface area contributed by atoms with Gasteiger partial charge in [-0.25, -0.2) is 0 Å². The summed E-state index contributed by atoms with van der Waals surface area (Å²) in [4.78, 5) is 2.48. The molecule has 3 nitrogen and oxygen atoms in total. The van der Waals surface area contributed by atoms with E-state index in [1.165, 1.54) is 5.56 Å². The van der Waals surface area contributed by atoms with E-state index < -0.39 is 0 Å². The van der Waals surface area contributed by atoms with Gasteiger partial charge in [0.05, 0.1) is 6.61 Å². The molecule has 25 heavy (non-hydrogen) atoms. The summed E-state index contributed by atoms with van der Waals surface area (Å²) in [6, 6.07) is 16.7. The lowest BCUT2D eigenvalue weighted by Gasteiger charge is -2.32. The van der Waals surface area contributed by atoms with Crippen molar-refractivity contribution in [3.63, 3.8) is 0 Å². The Morgan fingerprint density at radius 3 is 2.12 bits per heavy atom. The number of aliphatic hydroxyl groups is 1. The highest BCUT2D eigenvalue weighted by molar-refractivity contribution is 5.43. The van der Waals surface area contributed by atoms with Crippen molar-refractivity contribution in [3.05, 3.63) is 65.2 Å². The van der Waals surface area contributed by atoms with Gasteiger partial charge in [0, 0.05) is 23.6 Å². The molecule has 0 spiro atoms.